The van der Waals surface area contributed by atoms with Crippen molar-refractivity contribution < 1.29 is 14.9 Å². The normalized spacial score (nSPS) is 30.0. The van der Waals surface area contributed by atoms with Crippen LogP contribution in [0.5, 0.6) is 0 Å². The summed E-state index contributed by atoms with van der Waals surface area (Å²) < 4.78 is 7.45. The fourth-order valence-electron chi connectivity index (χ4n) is 2.54. The van der Waals surface area contributed by atoms with Gasteiger partial charge < -0.3 is 20.7 Å². The smallest absolute Gasteiger partial charge is 0.167 e. The van der Waals surface area contributed by atoms with Crippen molar-refractivity contribution in [3.05, 3.63) is 12.7 Å². The highest BCUT2D eigenvalue weighted by Gasteiger charge is 2.45. The molecule has 4 atom stereocenters. The average Bonchev–Trinajstić information content (AvgIpc) is 2.95. The van der Waals surface area contributed by atoms with Gasteiger partial charge >= 0.3 is 0 Å². The third-order valence-electron chi connectivity index (χ3n) is 3.56. The average molecular weight is 392 g/mol. The lowest BCUT2D eigenvalue weighted by atomic mass is 10.1. The predicted octanol–water partition coefficient (Wildman–Crippen LogP) is 0.402. The van der Waals surface area contributed by atoms with Gasteiger partial charge in [-0.3, -0.25) is 4.57 Å². The first-order chi connectivity index (χ1) is 10.3. The number of hydrogen-bond donors (Lipinski definition) is 3. The van der Waals surface area contributed by atoms with Gasteiger partial charge in [0, 0.05) is 5.75 Å². The molecule has 3 heterocycles. The number of nitrogen functional groups attached to an aromatic ring is 1. The van der Waals surface area contributed by atoms with E-state index in [0.717, 1.165) is 0 Å². The van der Waals surface area contributed by atoms with Crippen molar-refractivity contribution >= 4 is 40.3 Å². The second-order valence-electron chi connectivity index (χ2n) is 5.70. The van der Waals surface area contributed by atoms with E-state index in [1.165, 1.54) is 12.7 Å². The number of halogens is 1. The molecule has 0 unspecified atom stereocenters. The lowest BCUT2D eigenvalue weighted by Gasteiger charge is -2.27. The molecular weight excluding hydrogens is 374 g/mol. The third kappa shape index (κ3) is 2.81. The van der Waals surface area contributed by atoms with Crippen LogP contribution in [0.4, 0.5) is 5.82 Å². The van der Waals surface area contributed by atoms with E-state index in [0.29, 0.717) is 16.9 Å². The van der Waals surface area contributed by atoms with Crippen molar-refractivity contribution in [3.63, 3.8) is 0 Å². The van der Waals surface area contributed by atoms with Gasteiger partial charge in [-0.2, -0.15) is 8.46 Å². The van der Waals surface area contributed by atoms with Crippen LogP contribution in [0.3, 0.4) is 0 Å². The molecule has 8 nitrogen and oxygen atoms in total. The summed E-state index contributed by atoms with van der Waals surface area (Å²) in [5.74, 6) is 0.894. The van der Waals surface area contributed by atoms with Gasteiger partial charge in [-0.05, 0) is 27.3 Å². The molecule has 1 fully saturated rings. The number of aliphatic hydroxyl groups excluding tert-OH is 2. The monoisotopic (exact) mass is 391 g/mol. The SMILES string of the molecule is CS(C)(Br)C[C@H]1O[C@@H](n2cnc3c(N)ncnc32)[C@H](O)[C@@H]1O. The van der Waals surface area contributed by atoms with Crippen molar-refractivity contribution in [3.8, 4) is 0 Å². The first-order valence-electron chi connectivity index (χ1n) is 6.63. The van der Waals surface area contributed by atoms with Crippen LogP contribution in [-0.2, 0) is 4.74 Å². The van der Waals surface area contributed by atoms with E-state index in [9.17, 15) is 10.2 Å². The summed E-state index contributed by atoms with van der Waals surface area (Å²) in [6, 6.07) is 0. The maximum absolute atomic E-state index is 10.3. The van der Waals surface area contributed by atoms with E-state index in [1.807, 2.05) is 0 Å². The van der Waals surface area contributed by atoms with Crippen LogP contribution < -0.4 is 5.73 Å². The molecule has 4 N–H and O–H groups in total. The molecule has 22 heavy (non-hydrogen) atoms. The van der Waals surface area contributed by atoms with Crippen LogP contribution in [0.1, 0.15) is 6.23 Å². The number of aromatic nitrogens is 4. The summed E-state index contributed by atoms with van der Waals surface area (Å²) in [5, 5.41) is 20.6. The van der Waals surface area contributed by atoms with Gasteiger partial charge in [0.05, 0.1) is 12.4 Å². The number of anilines is 1. The van der Waals surface area contributed by atoms with Crippen LogP contribution in [0, 0.1) is 0 Å². The summed E-state index contributed by atoms with van der Waals surface area (Å²) in [6.07, 6.45) is 3.70. The summed E-state index contributed by atoms with van der Waals surface area (Å²) in [6.45, 7) is 0. The number of nitrogens with two attached hydrogens (primary N) is 1. The molecule has 1 saturated heterocycles. The highest BCUT2D eigenvalue weighted by Crippen LogP contribution is 2.50. The van der Waals surface area contributed by atoms with Crippen molar-refractivity contribution in [2.75, 3.05) is 24.0 Å². The molecule has 0 spiro atoms. The van der Waals surface area contributed by atoms with E-state index in [2.05, 4.69) is 42.3 Å². The number of aliphatic hydroxyl groups is 2. The van der Waals surface area contributed by atoms with Crippen LogP contribution in [0.15, 0.2) is 12.7 Å². The standard InChI is InChI=1S/C12H18BrN5O3S/c1-22(2,13)3-6-8(19)9(20)12(21-6)18-5-17-7-10(14)15-4-16-11(7)18/h4-6,8-9,12,19-20H,3H2,1-2H3,(H2,14,15,16)/t6-,8-,9-,12-/m1/s1. The van der Waals surface area contributed by atoms with E-state index in [-0.39, 0.29) is 5.82 Å². The van der Waals surface area contributed by atoms with Gasteiger partial charge in [0.15, 0.2) is 17.7 Å². The Morgan fingerprint density at radius 1 is 1.32 bits per heavy atom. The zero-order chi connectivity index (χ0) is 16.1. The second-order valence-corrected chi connectivity index (χ2v) is 14.1. The van der Waals surface area contributed by atoms with E-state index < -0.39 is 33.0 Å². The third-order valence-corrected chi connectivity index (χ3v) is 5.47. The Morgan fingerprint density at radius 3 is 2.73 bits per heavy atom. The molecule has 0 amide bonds. The Kier molecular flexibility index (Phi) is 4.06. The van der Waals surface area contributed by atoms with E-state index in [4.69, 9.17) is 10.5 Å². The lowest BCUT2D eigenvalue weighted by molar-refractivity contribution is -0.0289. The summed E-state index contributed by atoms with van der Waals surface area (Å²) in [4.78, 5) is 12.2. The predicted molar refractivity (Wildman–Crippen MR) is 88.9 cm³/mol. The molecule has 122 valence electrons. The summed E-state index contributed by atoms with van der Waals surface area (Å²) in [7, 11) is -1.06. The molecular formula is C12H18BrN5O3S. The van der Waals surface area contributed by atoms with Crippen LogP contribution in [0.25, 0.3) is 11.2 Å². The highest BCUT2D eigenvalue weighted by atomic mass is 79.9. The number of ether oxygens (including phenoxy) is 1. The zero-order valence-electron chi connectivity index (χ0n) is 12.1. The highest BCUT2D eigenvalue weighted by molar-refractivity contribution is 9.58. The minimum Gasteiger partial charge on any atom is -0.387 e. The Labute approximate surface area is 136 Å². The maximum atomic E-state index is 10.3. The van der Waals surface area contributed by atoms with Gasteiger partial charge in [-0.15, -0.1) is 0 Å². The first kappa shape index (κ1) is 15.9. The largest absolute Gasteiger partial charge is 0.387 e. The minimum atomic E-state index is -1.06. The number of hydrogen-bond acceptors (Lipinski definition) is 7. The van der Waals surface area contributed by atoms with Crippen LogP contribution in [-0.4, -0.2) is 66.3 Å². The van der Waals surface area contributed by atoms with Crippen molar-refractivity contribution in [1.82, 2.24) is 19.5 Å². The molecule has 10 heteroatoms. The van der Waals surface area contributed by atoms with Crippen molar-refractivity contribution in [1.29, 1.82) is 0 Å². The Bertz CT molecular complexity index is 691. The Morgan fingerprint density at radius 2 is 2.05 bits per heavy atom. The van der Waals surface area contributed by atoms with Crippen LogP contribution in [0.2, 0.25) is 0 Å². The van der Waals surface area contributed by atoms with Gasteiger partial charge in [0.1, 0.15) is 24.1 Å². The fraction of sp³-hybridized carbons (Fsp3) is 0.583. The lowest BCUT2D eigenvalue weighted by Crippen LogP contribution is -2.33. The number of nitrogens with zero attached hydrogens (tertiary/aromatic N) is 4. The van der Waals surface area contributed by atoms with Crippen molar-refractivity contribution in [2.45, 2.75) is 24.5 Å². The molecule has 0 saturated carbocycles. The minimum absolute atomic E-state index is 0.263. The quantitative estimate of drug-likeness (QED) is 0.692. The summed E-state index contributed by atoms with van der Waals surface area (Å²) >= 11 is 3.61. The number of rotatable bonds is 3. The zero-order valence-corrected chi connectivity index (χ0v) is 14.5. The first-order valence-corrected chi connectivity index (χ1v) is 11.1. The number of imidazole rings is 1. The molecule has 3 rings (SSSR count). The maximum Gasteiger partial charge on any atom is 0.167 e. The number of fused-ring (bicyclic) bond motifs is 1. The van der Waals surface area contributed by atoms with Gasteiger partial charge in [-0.1, -0.05) is 0 Å². The second kappa shape index (κ2) is 5.60. The molecule has 0 radical (unpaired) electrons. The van der Waals surface area contributed by atoms with Crippen LogP contribution >= 0.6 is 23.3 Å². The summed E-state index contributed by atoms with van der Waals surface area (Å²) in [5.41, 5.74) is 6.67. The molecule has 1 aliphatic rings. The Balaban J connectivity index is 1.93. The van der Waals surface area contributed by atoms with Crippen molar-refractivity contribution in [2.24, 2.45) is 0 Å². The molecule has 0 aromatic carbocycles. The van der Waals surface area contributed by atoms with Gasteiger partial charge in [-0.25, -0.2) is 15.0 Å². The van der Waals surface area contributed by atoms with Gasteiger partial charge in [0.25, 0.3) is 0 Å². The van der Waals surface area contributed by atoms with Gasteiger partial charge in [0.2, 0.25) is 0 Å². The van der Waals surface area contributed by atoms with E-state index >= 15 is 0 Å². The molecule has 2 aromatic rings. The van der Waals surface area contributed by atoms with E-state index in [1.54, 1.807) is 4.57 Å². The molecule has 1 aliphatic heterocycles. The Hall–Kier alpha value is -0.940. The molecule has 2 aromatic heterocycles. The molecule has 0 bridgehead atoms. The topological polar surface area (TPSA) is 119 Å². The molecule has 0 aliphatic carbocycles. The fourth-order valence-corrected chi connectivity index (χ4v) is 4.38.